The largest absolute Gasteiger partial charge is 0.457 e. The van der Waals surface area contributed by atoms with Gasteiger partial charge in [0.05, 0.1) is 12.3 Å². The van der Waals surface area contributed by atoms with E-state index in [4.69, 9.17) is 9.47 Å². The third-order valence-corrected chi connectivity index (χ3v) is 4.28. The molecule has 0 aromatic carbocycles. The van der Waals surface area contributed by atoms with Crippen LogP contribution < -0.4 is 0 Å². The minimum Gasteiger partial charge on any atom is -0.457 e. The number of rotatable bonds is 10. The molecule has 1 saturated heterocycles. The van der Waals surface area contributed by atoms with E-state index in [2.05, 4.69) is 26.0 Å². The van der Waals surface area contributed by atoms with Crippen molar-refractivity contribution in [2.24, 2.45) is 5.92 Å². The first-order valence-electron chi connectivity index (χ1n) is 8.98. The van der Waals surface area contributed by atoms with Gasteiger partial charge in [-0.15, -0.1) is 0 Å². The maximum atomic E-state index is 12.4. The Balaban J connectivity index is 2.46. The van der Waals surface area contributed by atoms with Gasteiger partial charge >= 0.3 is 11.9 Å². The van der Waals surface area contributed by atoms with Crippen LogP contribution in [0.2, 0.25) is 0 Å². The quantitative estimate of drug-likeness (QED) is 0.336. The molecule has 0 spiro atoms. The highest BCUT2D eigenvalue weighted by Crippen LogP contribution is 2.30. The summed E-state index contributed by atoms with van der Waals surface area (Å²) in [7, 11) is 0. The van der Waals surface area contributed by atoms with Crippen molar-refractivity contribution in [3.05, 3.63) is 12.2 Å². The Morgan fingerprint density at radius 2 is 1.96 bits per heavy atom. The number of unbranched alkanes of at least 4 members (excludes halogenated alkanes) is 2. The van der Waals surface area contributed by atoms with Crippen LogP contribution in [0.25, 0.3) is 0 Å². The molecule has 4 nitrogen and oxygen atoms in total. The van der Waals surface area contributed by atoms with E-state index in [-0.39, 0.29) is 24.3 Å². The molecule has 0 N–H and O–H groups in total. The molecule has 23 heavy (non-hydrogen) atoms. The Morgan fingerprint density at radius 1 is 1.26 bits per heavy atom. The molecule has 0 aromatic heterocycles. The summed E-state index contributed by atoms with van der Waals surface area (Å²) in [5, 5.41) is 0. The minimum atomic E-state index is -0.716. The molecule has 2 unspecified atom stereocenters. The van der Waals surface area contributed by atoms with E-state index < -0.39 is 11.7 Å². The van der Waals surface area contributed by atoms with Crippen LogP contribution in [0.15, 0.2) is 12.2 Å². The van der Waals surface area contributed by atoms with Gasteiger partial charge in [0.1, 0.15) is 5.60 Å². The molecule has 1 fully saturated rings. The topological polar surface area (TPSA) is 52.6 Å². The summed E-state index contributed by atoms with van der Waals surface area (Å²) in [6.45, 7) is 7.83. The molecule has 1 rings (SSSR count). The molecule has 0 aromatic rings. The van der Waals surface area contributed by atoms with E-state index in [1.54, 1.807) is 13.8 Å². The summed E-state index contributed by atoms with van der Waals surface area (Å²) in [6.07, 6.45) is 11.0. The first-order valence-corrected chi connectivity index (χ1v) is 8.98. The smallest absolute Gasteiger partial charge is 0.310 e. The number of hydrogen-bond acceptors (Lipinski definition) is 4. The molecule has 2 atom stereocenters. The van der Waals surface area contributed by atoms with Crippen molar-refractivity contribution in [3.63, 3.8) is 0 Å². The first-order chi connectivity index (χ1) is 10.9. The lowest BCUT2D eigenvalue weighted by atomic mass is 9.96. The average molecular weight is 324 g/mol. The number of cyclic esters (lactones) is 1. The molecular weight excluding hydrogens is 292 g/mol. The second-order valence-electron chi connectivity index (χ2n) is 6.88. The molecule has 0 aliphatic carbocycles. The van der Waals surface area contributed by atoms with Gasteiger partial charge in [-0.3, -0.25) is 9.59 Å². The second kappa shape index (κ2) is 9.74. The summed E-state index contributed by atoms with van der Waals surface area (Å²) in [5.74, 6) is -0.548. The fourth-order valence-corrected chi connectivity index (χ4v) is 2.83. The summed E-state index contributed by atoms with van der Waals surface area (Å²) < 4.78 is 10.8. The number of ether oxygens (including phenoxy) is 2. The van der Waals surface area contributed by atoms with Gasteiger partial charge in [0, 0.05) is 0 Å². The molecular formula is C19H32O4. The van der Waals surface area contributed by atoms with Gasteiger partial charge in [-0.05, 0) is 46.0 Å². The lowest BCUT2D eigenvalue weighted by Crippen LogP contribution is -2.37. The van der Waals surface area contributed by atoms with E-state index in [0.717, 1.165) is 38.5 Å². The molecule has 0 radical (unpaired) electrons. The van der Waals surface area contributed by atoms with Gasteiger partial charge in [0.2, 0.25) is 0 Å². The van der Waals surface area contributed by atoms with Crippen LogP contribution >= 0.6 is 0 Å². The minimum absolute atomic E-state index is 0.0777. The second-order valence-corrected chi connectivity index (χ2v) is 6.88. The molecule has 132 valence electrons. The van der Waals surface area contributed by atoms with Crippen LogP contribution in [0.1, 0.15) is 79.1 Å². The molecule has 0 saturated carbocycles. The highest BCUT2D eigenvalue weighted by molar-refractivity contribution is 5.76. The van der Waals surface area contributed by atoms with Gasteiger partial charge in [-0.1, -0.05) is 38.8 Å². The molecule has 0 bridgehead atoms. The van der Waals surface area contributed by atoms with Gasteiger partial charge < -0.3 is 9.47 Å². The zero-order valence-corrected chi connectivity index (χ0v) is 15.1. The standard InChI is InChI=1S/C19H32O4/c1-5-7-8-9-10-11-13-15(12-6-2)18(21)22-16-14-17(20)23-19(16,3)4/h8-9,15-16H,5-7,10-14H2,1-4H3/b9-8+. The highest BCUT2D eigenvalue weighted by Gasteiger charge is 2.45. The Bertz CT molecular complexity index is 412. The Hall–Kier alpha value is -1.32. The van der Waals surface area contributed by atoms with E-state index >= 15 is 0 Å². The average Bonchev–Trinajstić information content (AvgIpc) is 2.73. The third kappa shape index (κ3) is 6.76. The Morgan fingerprint density at radius 3 is 2.52 bits per heavy atom. The molecule has 4 heteroatoms. The molecule has 1 aliphatic rings. The van der Waals surface area contributed by atoms with Crippen molar-refractivity contribution in [2.45, 2.75) is 90.8 Å². The third-order valence-electron chi connectivity index (χ3n) is 4.28. The van der Waals surface area contributed by atoms with Crippen LogP contribution in [-0.2, 0) is 19.1 Å². The monoisotopic (exact) mass is 324 g/mol. The van der Waals surface area contributed by atoms with Gasteiger partial charge in [0.15, 0.2) is 6.10 Å². The van der Waals surface area contributed by atoms with Crippen LogP contribution in [-0.4, -0.2) is 23.6 Å². The maximum Gasteiger partial charge on any atom is 0.310 e. The number of carbonyl (C=O) groups is 2. The number of carbonyl (C=O) groups excluding carboxylic acids is 2. The normalized spacial score (nSPS) is 21.4. The van der Waals surface area contributed by atoms with Crippen LogP contribution in [0.5, 0.6) is 0 Å². The van der Waals surface area contributed by atoms with Crippen LogP contribution in [0.4, 0.5) is 0 Å². The summed E-state index contributed by atoms with van der Waals surface area (Å²) in [4.78, 5) is 23.9. The van der Waals surface area contributed by atoms with Crippen molar-refractivity contribution in [1.82, 2.24) is 0 Å². The lowest BCUT2D eigenvalue weighted by Gasteiger charge is -2.26. The van der Waals surface area contributed by atoms with Crippen molar-refractivity contribution in [3.8, 4) is 0 Å². The van der Waals surface area contributed by atoms with Crippen LogP contribution in [0.3, 0.4) is 0 Å². The number of hydrogen-bond donors (Lipinski definition) is 0. The van der Waals surface area contributed by atoms with E-state index in [9.17, 15) is 9.59 Å². The summed E-state index contributed by atoms with van der Waals surface area (Å²) >= 11 is 0. The number of esters is 2. The van der Waals surface area contributed by atoms with Gasteiger partial charge in [-0.25, -0.2) is 0 Å². The van der Waals surface area contributed by atoms with E-state index in [1.807, 2.05) is 0 Å². The van der Waals surface area contributed by atoms with E-state index in [1.165, 1.54) is 6.42 Å². The fraction of sp³-hybridized carbons (Fsp3) is 0.789. The van der Waals surface area contributed by atoms with Crippen LogP contribution in [0, 0.1) is 5.92 Å². The first kappa shape index (κ1) is 19.7. The van der Waals surface area contributed by atoms with Gasteiger partial charge in [0.25, 0.3) is 0 Å². The zero-order valence-electron chi connectivity index (χ0n) is 15.1. The Kier molecular flexibility index (Phi) is 8.35. The Labute approximate surface area is 140 Å². The predicted molar refractivity (Wildman–Crippen MR) is 91.0 cm³/mol. The van der Waals surface area contributed by atoms with Crippen molar-refractivity contribution in [1.29, 1.82) is 0 Å². The van der Waals surface area contributed by atoms with Crippen molar-refractivity contribution < 1.29 is 19.1 Å². The molecule has 1 heterocycles. The van der Waals surface area contributed by atoms with Crippen molar-refractivity contribution in [2.75, 3.05) is 0 Å². The number of allylic oxidation sites excluding steroid dienone is 2. The fourth-order valence-electron chi connectivity index (χ4n) is 2.83. The maximum absolute atomic E-state index is 12.4. The summed E-state index contributed by atoms with van der Waals surface area (Å²) in [5.41, 5.74) is -0.716. The van der Waals surface area contributed by atoms with Crippen molar-refractivity contribution >= 4 is 11.9 Å². The lowest BCUT2D eigenvalue weighted by molar-refractivity contribution is -0.164. The summed E-state index contributed by atoms with van der Waals surface area (Å²) in [6, 6.07) is 0. The SMILES string of the molecule is CCC/C=C/CCCC(CCC)C(=O)OC1CC(=O)OC1(C)C. The molecule has 0 amide bonds. The molecule has 1 aliphatic heterocycles. The predicted octanol–water partition coefficient (Wildman–Crippen LogP) is 4.57. The van der Waals surface area contributed by atoms with Gasteiger partial charge in [-0.2, -0.15) is 0 Å². The van der Waals surface area contributed by atoms with E-state index in [0.29, 0.717) is 0 Å². The zero-order chi connectivity index (χ0) is 17.3. The highest BCUT2D eigenvalue weighted by atomic mass is 16.6.